The highest BCUT2D eigenvalue weighted by atomic mass is 32.7. The molecule has 1 fully saturated rings. The molecule has 0 aromatic heterocycles. The topological polar surface area (TPSA) is 91.0 Å². The Labute approximate surface area is 208 Å². The Balaban J connectivity index is 1.37. The predicted molar refractivity (Wildman–Crippen MR) is 139 cm³/mol. The molecule has 0 bridgehead atoms. The van der Waals surface area contributed by atoms with Crippen molar-refractivity contribution in [2.45, 2.75) is 61.9 Å². The van der Waals surface area contributed by atoms with E-state index in [9.17, 15) is 9.69 Å². The summed E-state index contributed by atoms with van der Waals surface area (Å²) in [6, 6.07) is 16.0. The minimum absolute atomic E-state index is 0.437. The van der Waals surface area contributed by atoms with E-state index in [1.165, 1.54) is 16.9 Å². The molecule has 0 spiro atoms. The van der Waals surface area contributed by atoms with Crippen LogP contribution in [0.25, 0.3) is 0 Å². The van der Waals surface area contributed by atoms with E-state index in [1.54, 1.807) is 0 Å². The van der Waals surface area contributed by atoms with Gasteiger partial charge in [-0.25, -0.2) is 0 Å². The molecule has 6 nitrogen and oxygen atoms in total. The molecule has 2 aromatic carbocycles. The van der Waals surface area contributed by atoms with Crippen molar-refractivity contribution >= 4 is 24.6 Å². The second kappa shape index (κ2) is 13.9. The summed E-state index contributed by atoms with van der Waals surface area (Å²) in [6.07, 6.45) is 6.19. The predicted octanol–water partition coefficient (Wildman–Crippen LogP) is 5.70. The fourth-order valence-corrected chi connectivity index (χ4v) is 7.42. The molecule has 0 radical (unpaired) electrons. The molecule has 3 rings (SSSR count). The van der Waals surface area contributed by atoms with E-state index in [-0.39, 0.29) is 0 Å². The zero-order valence-electron chi connectivity index (χ0n) is 19.9. The smallest absolute Gasteiger partial charge is 0.231 e. The zero-order valence-corrected chi connectivity index (χ0v) is 21.6. The Bertz CT molecular complexity index is 872. The first-order chi connectivity index (χ1) is 16.5. The summed E-state index contributed by atoms with van der Waals surface area (Å²) in [4.78, 5) is 23.8. The normalized spacial score (nSPS) is 16.1. The number of unbranched alkanes of at least 4 members (excludes halogenated alkanes) is 2. The highest BCUT2D eigenvalue weighted by Gasteiger charge is 2.46. The van der Waals surface area contributed by atoms with E-state index < -0.39 is 18.4 Å². The second-order valence-corrected chi connectivity index (χ2v) is 12.1. The fraction of sp³-hybridized carbons (Fsp3) is 0.500. The van der Waals surface area contributed by atoms with Gasteiger partial charge in [0.1, 0.15) is 24.0 Å². The highest BCUT2D eigenvalue weighted by Crippen LogP contribution is 2.63. The van der Waals surface area contributed by atoms with Crippen molar-refractivity contribution in [3.63, 3.8) is 0 Å². The quantitative estimate of drug-likeness (QED) is 0.253. The third-order valence-electron chi connectivity index (χ3n) is 5.98. The third-order valence-corrected chi connectivity index (χ3v) is 10.2. The Morgan fingerprint density at radius 2 is 1.59 bits per heavy atom. The summed E-state index contributed by atoms with van der Waals surface area (Å²) in [7, 11) is -1.64. The van der Waals surface area contributed by atoms with E-state index in [4.69, 9.17) is 19.9 Å². The van der Waals surface area contributed by atoms with Gasteiger partial charge in [0.15, 0.2) is 0 Å². The van der Waals surface area contributed by atoms with Crippen LogP contribution in [-0.2, 0) is 16.0 Å². The molecule has 1 amide bonds. The maximum Gasteiger partial charge on any atom is 0.231 e. The number of carbonyl (C=O) groups is 1. The van der Waals surface area contributed by atoms with Gasteiger partial charge in [-0.05, 0) is 80.5 Å². The molecule has 1 saturated heterocycles. The number of ether oxygens (including phenoxy) is 3. The molecule has 1 aliphatic rings. The molecule has 1 atom stereocenters. The van der Waals surface area contributed by atoms with Crippen molar-refractivity contribution < 1.29 is 23.9 Å². The van der Waals surface area contributed by atoms with Crippen molar-refractivity contribution in [3.8, 4) is 11.5 Å². The summed E-state index contributed by atoms with van der Waals surface area (Å²) in [5.41, 5.74) is 6.96. The molecular formula is C26H36NO5PS. The van der Waals surface area contributed by atoms with Gasteiger partial charge in [0, 0.05) is 18.1 Å². The SMILES string of the molecule is CCCCOc1ccc(CCCCOc2ccc(SP(O)C3(C(N)=O)CCOCC3)cc2)cc1. The van der Waals surface area contributed by atoms with Crippen LogP contribution in [0, 0.1) is 0 Å². The number of hydrogen-bond donors (Lipinski definition) is 2. The van der Waals surface area contributed by atoms with Gasteiger partial charge in [-0.3, -0.25) is 4.79 Å². The lowest BCUT2D eigenvalue weighted by Gasteiger charge is -2.37. The second-order valence-electron chi connectivity index (χ2n) is 8.50. The molecule has 1 aliphatic heterocycles. The van der Waals surface area contributed by atoms with E-state index in [0.29, 0.717) is 32.7 Å². The minimum Gasteiger partial charge on any atom is -0.494 e. The third kappa shape index (κ3) is 7.88. The van der Waals surface area contributed by atoms with Gasteiger partial charge in [-0.2, -0.15) is 0 Å². The minimum atomic E-state index is -1.64. The Kier molecular flexibility index (Phi) is 11.0. The van der Waals surface area contributed by atoms with Gasteiger partial charge in [0.25, 0.3) is 0 Å². The summed E-state index contributed by atoms with van der Waals surface area (Å²) in [5, 5.41) is -0.879. The first kappa shape index (κ1) is 26.8. The van der Waals surface area contributed by atoms with E-state index in [2.05, 4.69) is 19.1 Å². The van der Waals surface area contributed by atoms with Crippen molar-refractivity contribution in [1.82, 2.24) is 0 Å². The number of rotatable bonds is 14. The van der Waals surface area contributed by atoms with E-state index in [0.717, 1.165) is 55.1 Å². The molecule has 1 heterocycles. The average Bonchev–Trinajstić information content (AvgIpc) is 2.86. The lowest BCUT2D eigenvalue weighted by atomic mass is 9.98. The number of hydrogen-bond acceptors (Lipinski definition) is 6. The summed E-state index contributed by atoms with van der Waals surface area (Å²) in [6.45, 7) is 4.50. The van der Waals surface area contributed by atoms with Crippen molar-refractivity contribution in [2.24, 2.45) is 5.73 Å². The van der Waals surface area contributed by atoms with Gasteiger partial charge in [0.05, 0.1) is 13.2 Å². The molecule has 2 aromatic rings. The molecule has 34 heavy (non-hydrogen) atoms. The first-order valence-corrected chi connectivity index (χ1v) is 14.7. The van der Waals surface area contributed by atoms with Gasteiger partial charge >= 0.3 is 0 Å². The van der Waals surface area contributed by atoms with Crippen LogP contribution in [0.2, 0.25) is 0 Å². The summed E-state index contributed by atoms with van der Waals surface area (Å²) < 4.78 is 16.9. The average molecular weight is 506 g/mol. The Hall–Kier alpha value is -1.79. The number of primary amides is 1. The maximum atomic E-state index is 12.1. The fourth-order valence-electron chi connectivity index (χ4n) is 3.73. The van der Waals surface area contributed by atoms with Crippen molar-refractivity contribution in [2.75, 3.05) is 26.4 Å². The van der Waals surface area contributed by atoms with Crippen LogP contribution < -0.4 is 15.2 Å². The van der Waals surface area contributed by atoms with Crippen LogP contribution in [0.15, 0.2) is 53.4 Å². The van der Waals surface area contributed by atoms with Gasteiger partial charge < -0.3 is 24.8 Å². The molecule has 1 unspecified atom stereocenters. The molecule has 0 aliphatic carbocycles. The number of nitrogens with two attached hydrogens (primary N) is 1. The van der Waals surface area contributed by atoms with Gasteiger partial charge in [0.2, 0.25) is 5.91 Å². The molecule has 8 heteroatoms. The zero-order chi connectivity index (χ0) is 24.2. The molecule has 186 valence electrons. The monoisotopic (exact) mass is 505 g/mol. The highest BCUT2D eigenvalue weighted by molar-refractivity contribution is 8.54. The Morgan fingerprint density at radius 1 is 1.00 bits per heavy atom. The van der Waals surface area contributed by atoms with E-state index in [1.807, 2.05) is 36.4 Å². The number of amides is 1. The van der Waals surface area contributed by atoms with Crippen LogP contribution in [-0.4, -0.2) is 42.4 Å². The van der Waals surface area contributed by atoms with E-state index >= 15 is 0 Å². The van der Waals surface area contributed by atoms with Crippen LogP contribution in [0.3, 0.4) is 0 Å². The lowest BCUT2D eigenvalue weighted by Crippen LogP contribution is -2.45. The van der Waals surface area contributed by atoms with Crippen LogP contribution in [0.5, 0.6) is 11.5 Å². The molecule has 3 N–H and O–H groups in total. The summed E-state index contributed by atoms with van der Waals surface area (Å²) >= 11 is 1.32. The molecular weight excluding hydrogens is 469 g/mol. The summed E-state index contributed by atoms with van der Waals surface area (Å²) in [5.74, 6) is 1.30. The van der Waals surface area contributed by atoms with Crippen LogP contribution in [0.1, 0.15) is 51.0 Å². The van der Waals surface area contributed by atoms with Crippen molar-refractivity contribution in [3.05, 3.63) is 54.1 Å². The van der Waals surface area contributed by atoms with Crippen molar-refractivity contribution in [1.29, 1.82) is 0 Å². The lowest BCUT2D eigenvalue weighted by molar-refractivity contribution is -0.122. The van der Waals surface area contributed by atoms with Gasteiger partial charge in [-0.1, -0.05) is 36.9 Å². The number of aryl methyl sites for hydroxylation is 1. The number of carbonyl (C=O) groups excluding carboxylic acids is 1. The molecule has 0 saturated carbocycles. The maximum absolute atomic E-state index is 12.1. The number of benzene rings is 2. The standard InChI is InChI=1S/C26H36NO5PS/c1-2-3-17-31-22-9-7-21(8-10-22)6-4-5-18-32-23-11-13-24(14-12-23)34-33(29)26(25(27)28)15-19-30-20-16-26/h7-14,29H,2-6,15-20H2,1H3,(H2,27,28). The first-order valence-electron chi connectivity index (χ1n) is 12.0. The Morgan fingerprint density at radius 3 is 2.18 bits per heavy atom. The van der Waals surface area contributed by atoms with Crippen LogP contribution in [0.4, 0.5) is 0 Å². The van der Waals surface area contributed by atoms with Gasteiger partial charge in [-0.15, -0.1) is 0 Å². The largest absolute Gasteiger partial charge is 0.494 e. The van der Waals surface area contributed by atoms with Crippen LogP contribution >= 0.6 is 18.7 Å².